The van der Waals surface area contributed by atoms with E-state index < -0.39 is 6.10 Å². The lowest BCUT2D eigenvalue weighted by atomic mass is 10.2. The van der Waals surface area contributed by atoms with Gasteiger partial charge in [-0.1, -0.05) is 0 Å². The fourth-order valence-electron chi connectivity index (χ4n) is 1.36. The predicted octanol–water partition coefficient (Wildman–Crippen LogP) is 0.189. The molecule has 0 aliphatic rings. The predicted molar refractivity (Wildman–Crippen MR) is 65.7 cm³/mol. The molecular formula is C12H19N3O3. The molecule has 1 aromatic heterocycles. The number of carbonyl (C=O) groups is 1. The Morgan fingerprint density at radius 2 is 2.28 bits per heavy atom. The van der Waals surface area contributed by atoms with Gasteiger partial charge in [0.25, 0.3) is 0 Å². The number of esters is 1. The third-order valence-corrected chi connectivity index (χ3v) is 2.23. The molecule has 0 aliphatic heterocycles. The summed E-state index contributed by atoms with van der Waals surface area (Å²) in [5.74, 6) is -0.387. The average molecular weight is 253 g/mol. The molecule has 0 aromatic carbocycles. The zero-order valence-corrected chi connectivity index (χ0v) is 10.7. The first kappa shape index (κ1) is 14.5. The van der Waals surface area contributed by atoms with E-state index in [0.717, 1.165) is 11.4 Å². The van der Waals surface area contributed by atoms with Crippen molar-refractivity contribution in [2.75, 3.05) is 13.2 Å². The van der Waals surface area contributed by atoms with Gasteiger partial charge in [-0.15, -0.1) is 0 Å². The van der Waals surface area contributed by atoms with Gasteiger partial charge in [0.15, 0.2) is 0 Å². The summed E-state index contributed by atoms with van der Waals surface area (Å²) >= 11 is 0. The largest absolute Gasteiger partial charge is 0.466 e. The molecule has 2 N–H and O–H groups in total. The Labute approximate surface area is 106 Å². The van der Waals surface area contributed by atoms with Crippen molar-refractivity contribution in [2.45, 2.75) is 32.9 Å². The minimum absolute atomic E-state index is 0.000413. The maximum absolute atomic E-state index is 11.1. The highest BCUT2D eigenvalue weighted by Crippen LogP contribution is 1.96. The highest BCUT2D eigenvalue weighted by Gasteiger charge is 2.11. The van der Waals surface area contributed by atoms with Crippen LogP contribution in [-0.4, -0.2) is 40.3 Å². The van der Waals surface area contributed by atoms with Crippen molar-refractivity contribution in [1.82, 2.24) is 15.3 Å². The normalized spacial score (nSPS) is 12.2. The van der Waals surface area contributed by atoms with Gasteiger partial charge in [0.1, 0.15) is 0 Å². The number of aliphatic hydroxyl groups excluding tert-OH is 1. The van der Waals surface area contributed by atoms with E-state index >= 15 is 0 Å². The first-order valence-electron chi connectivity index (χ1n) is 5.93. The maximum Gasteiger partial charge on any atom is 0.308 e. The Bertz CT molecular complexity index is 367. The lowest BCUT2D eigenvalue weighted by molar-refractivity contribution is -0.145. The molecule has 6 nitrogen and oxygen atoms in total. The minimum atomic E-state index is -0.748. The van der Waals surface area contributed by atoms with E-state index in [1.807, 2.05) is 6.92 Å². The number of hydrogen-bond acceptors (Lipinski definition) is 6. The van der Waals surface area contributed by atoms with E-state index in [0.29, 0.717) is 19.7 Å². The molecule has 0 radical (unpaired) electrons. The van der Waals surface area contributed by atoms with Crippen molar-refractivity contribution in [3.8, 4) is 0 Å². The third-order valence-electron chi connectivity index (χ3n) is 2.23. The molecular weight excluding hydrogens is 234 g/mol. The lowest BCUT2D eigenvalue weighted by Crippen LogP contribution is -2.29. The van der Waals surface area contributed by atoms with Crippen LogP contribution in [0.1, 0.15) is 24.7 Å². The maximum atomic E-state index is 11.1. The topological polar surface area (TPSA) is 84.3 Å². The average Bonchev–Trinajstić information content (AvgIpc) is 2.32. The summed E-state index contributed by atoms with van der Waals surface area (Å²) in [6.07, 6.45) is 2.62. The quantitative estimate of drug-likeness (QED) is 0.675. The lowest BCUT2D eigenvalue weighted by Gasteiger charge is -2.10. The molecule has 18 heavy (non-hydrogen) atoms. The third kappa shape index (κ3) is 5.70. The number of aryl methyl sites for hydroxylation is 1. The first-order chi connectivity index (χ1) is 8.61. The molecule has 0 saturated heterocycles. The Kier molecular flexibility index (Phi) is 6.24. The van der Waals surface area contributed by atoms with Crippen molar-refractivity contribution in [3.63, 3.8) is 0 Å². The van der Waals surface area contributed by atoms with E-state index in [2.05, 4.69) is 15.3 Å². The zero-order chi connectivity index (χ0) is 13.4. The molecule has 1 unspecified atom stereocenters. The molecule has 0 bridgehead atoms. The van der Waals surface area contributed by atoms with Crippen LogP contribution in [0, 0.1) is 6.92 Å². The number of hydrogen-bond donors (Lipinski definition) is 2. The summed E-state index contributed by atoms with van der Waals surface area (Å²) < 4.78 is 4.74. The van der Waals surface area contributed by atoms with Crippen LogP contribution in [0.3, 0.4) is 0 Å². The SMILES string of the molecule is CCOC(=O)CC(O)CNCc1cnc(C)cn1. The number of carbonyl (C=O) groups excluding carboxylic acids is 1. The molecule has 1 atom stereocenters. The van der Waals surface area contributed by atoms with E-state index in [9.17, 15) is 9.90 Å². The van der Waals surface area contributed by atoms with E-state index in [1.165, 1.54) is 0 Å². The van der Waals surface area contributed by atoms with Crippen molar-refractivity contribution in [1.29, 1.82) is 0 Å². The minimum Gasteiger partial charge on any atom is -0.466 e. The Morgan fingerprint density at radius 1 is 1.50 bits per heavy atom. The van der Waals surface area contributed by atoms with Crippen molar-refractivity contribution >= 4 is 5.97 Å². The van der Waals surface area contributed by atoms with Gasteiger partial charge < -0.3 is 15.2 Å². The molecule has 0 spiro atoms. The van der Waals surface area contributed by atoms with Crippen LogP contribution in [0.25, 0.3) is 0 Å². The second kappa shape index (κ2) is 7.73. The summed E-state index contributed by atoms with van der Waals surface area (Å²) in [4.78, 5) is 19.4. The molecule has 1 aromatic rings. The van der Waals surface area contributed by atoms with Crippen LogP contribution >= 0.6 is 0 Å². The van der Waals surface area contributed by atoms with Crippen LogP contribution in [0.15, 0.2) is 12.4 Å². The van der Waals surface area contributed by atoms with Crippen LogP contribution in [0.2, 0.25) is 0 Å². The van der Waals surface area contributed by atoms with Crippen LogP contribution in [0.5, 0.6) is 0 Å². The summed E-state index contributed by atoms with van der Waals surface area (Å²) in [6.45, 7) is 4.76. The van der Waals surface area contributed by atoms with Crippen molar-refractivity contribution in [3.05, 3.63) is 23.8 Å². The van der Waals surface area contributed by atoms with Gasteiger partial charge in [-0.05, 0) is 13.8 Å². The standard InChI is InChI=1S/C12H19N3O3/c1-3-18-12(17)4-11(16)8-13-6-10-7-14-9(2)5-15-10/h5,7,11,13,16H,3-4,6,8H2,1-2H3. The Hall–Kier alpha value is -1.53. The van der Waals surface area contributed by atoms with Gasteiger partial charge in [-0.3, -0.25) is 14.8 Å². The van der Waals surface area contributed by atoms with Crippen LogP contribution in [-0.2, 0) is 16.1 Å². The molecule has 0 amide bonds. The van der Waals surface area contributed by atoms with Gasteiger partial charge in [0.2, 0.25) is 0 Å². The van der Waals surface area contributed by atoms with E-state index in [4.69, 9.17) is 4.74 Å². The molecule has 100 valence electrons. The smallest absolute Gasteiger partial charge is 0.308 e. The first-order valence-corrected chi connectivity index (χ1v) is 5.93. The van der Waals surface area contributed by atoms with Gasteiger partial charge in [0.05, 0.1) is 30.5 Å². The fourth-order valence-corrected chi connectivity index (χ4v) is 1.36. The summed E-state index contributed by atoms with van der Waals surface area (Å²) in [6, 6.07) is 0. The van der Waals surface area contributed by atoms with E-state index in [1.54, 1.807) is 19.3 Å². The number of rotatable bonds is 7. The number of nitrogens with zero attached hydrogens (tertiary/aromatic N) is 2. The number of aromatic nitrogens is 2. The monoisotopic (exact) mass is 253 g/mol. The number of aliphatic hydroxyl groups is 1. The summed E-state index contributed by atoms with van der Waals surface area (Å²) in [5.41, 5.74) is 1.66. The molecule has 1 heterocycles. The highest BCUT2D eigenvalue weighted by molar-refractivity contribution is 5.69. The van der Waals surface area contributed by atoms with Gasteiger partial charge >= 0.3 is 5.97 Å². The van der Waals surface area contributed by atoms with Gasteiger partial charge in [0, 0.05) is 25.5 Å². The highest BCUT2D eigenvalue weighted by atomic mass is 16.5. The van der Waals surface area contributed by atoms with Gasteiger partial charge in [-0.25, -0.2) is 0 Å². The number of ether oxygens (including phenoxy) is 1. The molecule has 0 aliphatic carbocycles. The summed E-state index contributed by atoms with van der Waals surface area (Å²) in [7, 11) is 0. The Balaban J connectivity index is 2.21. The molecule has 1 rings (SSSR count). The van der Waals surface area contributed by atoms with E-state index in [-0.39, 0.29) is 12.4 Å². The molecule has 6 heteroatoms. The Morgan fingerprint density at radius 3 is 2.89 bits per heavy atom. The van der Waals surface area contributed by atoms with Crippen molar-refractivity contribution < 1.29 is 14.6 Å². The van der Waals surface area contributed by atoms with Crippen molar-refractivity contribution in [2.24, 2.45) is 0 Å². The van der Waals surface area contributed by atoms with Crippen LogP contribution in [0.4, 0.5) is 0 Å². The molecule has 0 fully saturated rings. The number of nitrogens with one attached hydrogen (secondary N) is 1. The zero-order valence-electron chi connectivity index (χ0n) is 10.7. The second-order valence-corrected chi connectivity index (χ2v) is 3.94. The van der Waals surface area contributed by atoms with Gasteiger partial charge in [-0.2, -0.15) is 0 Å². The second-order valence-electron chi connectivity index (χ2n) is 3.94. The van der Waals surface area contributed by atoms with Crippen LogP contribution < -0.4 is 5.32 Å². The summed E-state index contributed by atoms with van der Waals surface area (Å²) in [5, 5.41) is 12.6. The fraction of sp³-hybridized carbons (Fsp3) is 0.583. The molecule has 0 saturated carbocycles.